The van der Waals surface area contributed by atoms with Crippen LogP contribution in [0.5, 0.6) is 11.5 Å². The normalized spacial score (nSPS) is 12.2. The molecule has 0 fully saturated rings. The van der Waals surface area contributed by atoms with Gasteiger partial charge in [-0.25, -0.2) is 0 Å². The van der Waals surface area contributed by atoms with Crippen molar-refractivity contribution < 1.29 is 14.3 Å². The highest BCUT2D eigenvalue weighted by molar-refractivity contribution is 5.95. The highest BCUT2D eigenvalue weighted by atomic mass is 16.7. The Bertz CT molecular complexity index is 854. The standard InChI is InChI=1S/C22H19NO3/c24-22(18-11-12-20-21(13-18)26-15-25-20)23-14-19(16-7-3-1-4-8-16)17-9-5-2-6-10-17/h1-13,19H,14-15H2,(H,23,24). The lowest BCUT2D eigenvalue weighted by Crippen LogP contribution is -2.28. The predicted octanol–water partition coefficient (Wildman–Crippen LogP) is 3.98. The van der Waals surface area contributed by atoms with Gasteiger partial charge >= 0.3 is 0 Å². The molecular weight excluding hydrogens is 326 g/mol. The first-order valence-electron chi connectivity index (χ1n) is 8.59. The van der Waals surface area contributed by atoms with Gasteiger partial charge in [-0.05, 0) is 29.3 Å². The molecule has 0 spiro atoms. The lowest BCUT2D eigenvalue weighted by molar-refractivity contribution is 0.0952. The van der Waals surface area contributed by atoms with Gasteiger partial charge in [0.15, 0.2) is 11.5 Å². The molecule has 0 radical (unpaired) electrons. The van der Waals surface area contributed by atoms with Crippen LogP contribution in [0.2, 0.25) is 0 Å². The molecule has 0 aromatic heterocycles. The molecule has 1 aliphatic heterocycles. The molecular formula is C22H19NO3. The Morgan fingerprint density at radius 2 is 1.46 bits per heavy atom. The minimum absolute atomic E-state index is 0.0929. The van der Waals surface area contributed by atoms with E-state index >= 15 is 0 Å². The third-order valence-electron chi connectivity index (χ3n) is 4.51. The maximum Gasteiger partial charge on any atom is 0.251 e. The zero-order chi connectivity index (χ0) is 17.8. The van der Waals surface area contributed by atoms with Crippen LogP contribution >= 0.6 is 0 Å². The van der Waals surface area contributed by atoms with Crippen LogP contribution in [0.4, 0.5) is 0 Å². The minimum Gasteiger partial charge on any atom is -0.454 e. The number of carbonyl (C=O) groups is 1. The van der Waals surface area contributed by atoms with Gasteiger partial charge in [-0.1, -0.05) is 60.7 Å². The van der Waals surface area contributed by atoms with E-state index in [-0.39, 0.29) is 18.6 Å². The summed E-state index contributed by atoms with van der Waals surface area (Å²) < 4.78 is 10.6. The number of rotatable bonds is 5. The van der Waals surface area contributed by atoms with Crippen LogP contribution in [0.1, 0.15) is 27.4 Å². The molecule has 4 heteroatoms. The van der Waals surface area contributed by atoms with Crippen molar-refractivity contribution in [2.24, 2.45) is 0 Å². The SMILES string of the molecule is O=C(NCC(c1ccccc1)c1ccccc1)c1ccc2c(c1)OCO2. The van der Waals surface area contributed by atoms with E-state index in [4.69, 9.17) is 9.47 Å². The lowest BCUT2D eigenvalue weighted by atomic mass is 9.91. The molecule has 0 aliphatic carbocycles. The van der Waals surface area contributed by atoms with Crippen molar-refractivity contribution >= 4 is 5.91 Å². The molecule has 3 aromatic rings. The van der Waals surface area contributed by atoms with Crippen LogP contribution < -0.4 is 14.8 Å². The third-order valence-corrected chi connectivity index (χ3v) is 4.51. The fourth-order valence-corrected chi connectivity index (χ4v) is 3.13. The maximum atomic E-state index is 12.6. The van der Waals surface area contributed by atoms with Crippen LogP contribution in [0.15, 0.2) is 78.9 Å². The van der Waals surface area contributed by atoms with Gasteiger partial charge in [0.2, 0.25) is 6.79 Å². The van der Waals surface area contributed by atoms with Gasteiger partial charge in [0, 0.05) is 18.0 Å². The van der Waals surface area contributed by atoms with E-state index in [9.17, 15) is 4.79 Å². The van der Waals surface area contributed by atoms with Crippen LogP contribution in [-0.2, 0) is 0 Å². The molecule has 1 amide bonds. The van der Waals surface area contributed by atoms with Gasteiger partial charge in [0.1, 0.15) is 0 Å². The zero-order valence-corrected chi connectivity index (χ0v) is 14.2. The molecule has 0 atom stereocenters. The molecule has 26 heavy (non-hydrogen) atoms. The number of benzene rings is 3. The monoisotopic (exact) mass is 345 g/mol. The molecule has 3 aromatic carbocycles. The molecule has 1 aliphatic rings. The topological polar surface area (TPSA) is 47.6 Å². The summed E-state index contributed by atoms with van der Waals surface area (Å²) in [5.41, 5.74) is 2.91. The van der Waals surface area contributed by atoms with E-state index in [2.05, 4.69) is 29.6 Å². The minimum atomic E-state index is -0.125. The number of ether oxygens (including phenoxy) is 2. The molecule has 130 valence electrons. The Labute approximate surface area is 152 Å². The van der Waals surface area contributed by atoms with E-state index in [0.29, 0.717) is 23.6 Å². The first-order valence-corrected chi connectivity index (χ1v) is 8.59. The van der Waals surface area contributed by atoms with Crippen molar-refractivity contribution in [3.63, 3.8) is 0 Å². The second kappa shape index (κ2) is 7.31. The molecule has 4 rings (SSSR count). The Kier molecular flexibility index (Phi) is 4.56. The van der Waals surface area contributed by atoms with Crippen LogP contribution in [0.25, 0.3) is 0 Å². The zero-order valence-electron chi connectivity index (χ0n) is 14.2. The fourth-order valence-electron chi connectivity index (χ4n) is 3.13. The van der Waals surface area contributed by atoms with Gasteiger partial charge in [-0.3, -0.25) is 4.79 Å². The number of nitrogens with one attached hydrogen (secondary N) is 1. The predicted molar refractivity (Wildman–Crippen MR) is 99.6 cm³/mol. The smallest absolute Gasteiger partial charge is 0.251 e. The highest BCUT2D eigenvalue weighted by Gasteiger charge is 2.18. The number of carbonyl (C=O) groups excluding carboxylic acids is 1. The summed E-state index contributed by atoms with van der Waals surface area (Å²) in [5, 5.41) is 3.05. The lowest BCUT2D eigenvalue weighted by Gasteiger charge is -2.19. The number of hydrogen-bond acceptors (Lipinski definition) is 3. The molecule has 1 N–H and O–H groups in total. The number of hydrogen-bond donors (Lipinski definition) is 1. The Morgan fingerprint density at radius 3 is 2.12 bits per heavy atom. The summed E-state index contributed by atoms with van der Waals surface area (Å²) in [6.45, 7) is 0.714. The summed E-state index contributed by atoms with van der Waals surface area (Å²) in [5.74, 6) is 1.25. The summed E-state index contributed by atoms with van der Waals surface area (Å²) in [6.07, 6.45) is 0. The van der Waals surface area contributed by atoms with Crippen molar-refractivity contribution in [3.05, 3.63) is 95.6 Å². The molecule has 4 nitrogen and oxygen atoms in total. The summed E-state index contributed by atoms with van der Waals surface area (Å²) >= 11 is 0. The molecule has 0 saturated heterocycles. The second-order valence-electron chi connectivity index (χ2n) is 6.15. The van der Waals surface area contributed by atoms with Crippen molar-refractivity contribution in [2.75, 3.05) is 13.3 Å². The summed E-state index contributed by atoms with van der Waals surface area (Å²) in [7, 11) is 0. The van der Waals surface area contributed by atoms with E-state index in [1.54, 1.807) is 18.2 Å². The largest absolute Gasteiger partial charge is 0.454 e. The second-order valence-corrected chi connectivity index (χ2v) is 6.15. The third kappa shape index (κ3) is 3.40. The molecule has 1 heterocycles. The van der Waals surface area contributed by atoms with Gasteiger partial charge in [0.25, 0.3) is 5.91 Å². The van der Waals surface area contributed by atoms with Gasteiger partial charge in [-0.2, -0.15) is 0 Å². The molecule has 0 bridgehead atoms. The van der Waals surface area contributed by atoms with E-state index < -0.39 is 0 Å². The van der Waals surface area contributed by atoms with E-state index in [1.165, 1.54) is 11.1 Å². The van der Waals surface area contributed by atoms with Gasteiger partial charge in [-0.15, -0.1) is 0 Å². The Morgan fingerprint density at radius 1 is 0.846 bits per heavy atom. The van der Waals surface area contributed by atoms with E-state index in [1.807, 2.05) is 36.4 Å². The summed E-state index contributed by atoms with van der Waals surface area (Å²) in [6, 6.07) is 25.7. The van der Waals surface area contributed by atoms with Gasteiger partial charge < -0.3 is 14.8 Å². The quantitative estimate of drug-likeness (QED) is 0.761. The van der Waals surface area contributed by atoms with E-state index in [0.717, 1.165) is 0 Å². The first kappa shape index (κ1) is 16.2. The average molecular weight is 345 g/mol. The van der Waals surface area contributed by atoms with Crippen molar-refractivity contribution in [2.45, 2.75) is 5.92 Å². The number of amides is 1. The molecule has 0 unspecified atom stereocenters. The highest BCUT2D eigenvalue weighted by Crippen LogP contribution is 2.32. The maximum absolute atomic E-state index is 12.6. The number of fused-ring (bicyclic) bond motifs is 1. The van der Waals surface area contributed by atoms with Crippen LogP contribution in [0.3, 0.4) is 0 Å². The fraction of sp³-hybridized carbons (Fsp3) is 0.136. The van der Waals surface area contributed by atoms with Crippen molar-refractivity contribution in [1.82, 2.24) is 5.32 Å². The van der Waals surface area contributed by atoms with Crippen molar-refractivity contribution in [1.29, 1.82) is 0 Å². The Balaban J connectivity index is 1.52. The van der Waals surface area contributed by atoms with Crippen LogP contribution in [-0.4, -0.2) is 19.2 Å². The van der Waals surface area contributed by atoms with Gasteiger partial charge in [0.05, 0.1) is 0 Å². The van der Waals surface area contributed by atoms with Crippen molar-refractivity contribution in [3.8, 4) is 11.5 Å². The van der Waals surface area contributed by atoms with Crippen LogP contribution in [0, 0.1) is 0 Å². The summed E-state index contributed by atoms with van der Waals surface area (Å²) in [4.78, 5) is 12.6. The first-order chi connectivity index (χ1) is 12.8. The average Bonchev–Trinajstić information content (AvgIpc) is 3.17. The molecule has 0 saturated carbocycles. The Hall–Kier alpha value is -3.27.